The van der Waals surface area contributed by atoms with E-state index in [1.165, 1.54) is 10.5 Å². The van der Waals surface area contributed by atoms with Gasteiger partial charge in [0.25, 0.3) is 0 Å². The van der Waals surface area contributed by atoms with Crippen molar-refractivity contribution in [3.63, 3.8) is 0 Å². The van der Waals surface area contributed by atoms with Crippen LogP contribution in [0.15, 0.2) is 47.5 Å². The van der Waals surface area contributed by atoms with Crippen molar-refractivity contribution in [3.05, 3.63) is 48.2 Å². The Morgan fingerprint density at radius 1 is 1.20 bits per heavy atom. The Morgan fingerprint density at radius 2 is 2.10 bits per heavy atom. The number of hydrogen-bond donors (Lipinski definition) is 1. The fraction of sp³-hybridized carbons (Fsp3) is 0.312. The predicted molar refractivity (Wildman–Crippen MR) is 85.3 cm³/mol. The lowest BCUT2D eigenvalue weighted by molar-refractivity contribution is 0.309. The fourth-order valence-electron chi connectivity index (χ4n) is 1.77. The number of hydrogen-bond acceptors (Lipinski definition) is 4. The Kier molecular flexibility index (Phi) is 5.74. The number of aromatic nitrogens is 1. The second-order valence-corrected chi connectivity index (χ2v) is 5.81. The van der Waals surface area contributed by atoms with E-state index in [2.05, 4.69) is 24.0 Å². The van der Waals surface area contributed by atoms with Gasteiger partial charge in [-0.15, -0.1) is 11.8 Å². The van der Waals surface area contributed by atoms with Gasteiger partial charge in [-0.2, -0.15) is 0 Å². The Hall–Kier alpha value is -1.68. The molecule has 0 atom stereocenters. The van der Waals surface area contributed by atoms with Gasteiger partial charge in [0.05, 0.1) is 6.61 Å². The van der Waals surface area contributed by atoms with Crippen LogP contribution in [-0.2, 0) is 0 Å². The van der Waals surface area contributed by atoms with Crippen molar-refractivity contribution in [1.82, 2.24) is 4.98 Å². The standard InChI is InChI=1S/C16H20N2OS/c1-13-5-4-6-14(11-13)19-9-2-3-10-20-15-7-8-16(17)18-12-15/h4-8,11-12H,2-3,9-10H2,1H3,(H2,17,18). The van der Waals surface area contributed by atoms with Crippen molar-refractivity contribution in [2.24, 2.45) is 0 Å². The van der Waals surface area contributed by atoms with Crippen LogP contribution in [0.25, 0.3) is 0 Å². The first-order valence-corrected chi connectivity index (χ1v) is 7.76. The van der Waals surface area contributed by atoms with Crippen molar-refractivity contribution in [3.8, 4) is 5.75 Å². The van der Waals surface area contributed by atoms with E-state index in [4.69, 9.17) is 10.5 Å². The minimum Gasteiger partial charge on any atom is -0.494 e. The molecule has 2 N–H and O–H groups in total. The fourth-order valence-corrected chi connectivity index (χ4v) is 2.64. The molecule has 0 aliphatic carbocycles. The number of nitrogens with zero attached hydrogens (tertiary/aromatic N) is 1. The number of aryl methyl sites for hydroxylation is 1. The lowest BCUT2D eigenvalue weighted by atomic mass is 10.2. The third-order valence-electron chi connectivity index (χ3n) is 2.82. The van der Waals surface area contributed by atoms with Crippen LogP contribution >= 0.6 is 11.8 Å². The van der Waals surface area contributed by atoms with Gasteiger partial charge in [0.15, 0.2) is 0 Å². The summed E-state index contributed by atoms with van der Waals surface area (Å²) in [4.78, 5) is 5.24. The zero-order valence-corrected chi connectivity index (χ0v) is 12.5. The topological polar surface area (TPSA) is 48.1 Å². The molecule has 0 amide bonds. The summed E-state index contributed by atoms with van der Waals surface area (Å²) in [5, 5.41) is 0. The molecule has 2 rings (SSSR count). The summed E-state index contributed by atoms with van der Waals surface area (Å²) in [6, 6.07) is 12.0. The molecule has 3 nitrogen and oxygen atoms in total. The molecule has 0 spiro atoms. The summed E-state index contributed by atoms with van der Waals surface area (Å²) in [6.07, 6.45) is 4.01. The molecule has 0 saturated carbocycles. The van der Waals surface area contributed by atoms with Gasteiger partial charge in [-0.25, -0.2) is 4.98 Å². The molecule has 1 aromatic carbocycles. The zero-order valence-electron chi connectivity index (χ0n) is 11.7. The summed E-state index contributed by atoms with van der Waals surface area (Å²) in [5.74, 6) is 2.60. The monoisotopic (exact) mass is 288 g/mol. The maximum atomic E-state index is 5.72. The number of pyridine rings is 1. The van der Waals surface area contributed by atoms with Crippen LogP contribution in [0.4, 0.5) is 5.82 Å². The van der Waals surface area contributed by atoms with Gasteiger partial charge < -0.3 is 10.5 Å². The second-order valence-electron chi connectivity index (χ2n) is 4.64. The number of nitrogens with two attached hydrogens (primary N) is 1. The first kappa shape index (κ1) is 14.7. The van der Waals surface area contributed by atoms with Crippen LogP contribution in [0, 0.1) is 6.92 Å². The quantitative estimate of drug-likeness (QED) is 0.619. The van der Waals surface area contributed by atoms with Crippen molar-refractivity contribution < 1.29 is 4.74 Å². The van der Waals surface area contributed by atoms with Gasteiger partial charge in [-0.3, -0.25) is 0 Å². The molecule has 1 heterocycles. The van der Waals surface area contributed by atoms with E-state index >= 15 is 0 Å². The SMILES string of the molecule is Cc1cccc(OCCCCSc2ccc(N)nc2)c1. The Morgan fingerprint density at radius 3 is 2.85 bits per heavy atom. The highest BCUT2D eigenvalue weighted by Gasteiger charge is 1.97. The lowest BCUT2D eigenvalue weighted by Crippen LogP contribution is -1.98. The molecule has 0 radical (unpaired) electrons. The van der Waals surface area contributed by atoms with Crippen molar-refractivity contribution in [2.75, 3.05) is 18.1 Å². The normalized spacial score (nSPS) is 10.4. The summed E-state index contributed by atoms with van der Waals surface area (Å²) >= 11 is 1.80. The molecule has 2 aromatic rings. The number of nitrogen functional groups attached to an aromatic ring is 1. The van der Waals surface area contributed by atoms with Gasteiger partial charge in [-0.05, 0) is 55.3 Å². The minimum absolute atomic E-state index is 0.570. The van der Waals surface area contributed by atoms with Crippen LogP contribution in [0.1, 0.15) is 18.4 Å². The van der Waals surface area contributed by atoms with E-state index in [0.29, 0.717) is 5.82 Å². The molecule has 20 heavy (non-hydrogen) atoms. The summed E-state index contributed by atoms with van der Waals surface area (Å²) < 4.78 is 5.72. The average Bonchev–Trinajstić information content (AvgIpc) is 2.45. The second kappa shape index (κ2) is 7.80. The highest BCUT2D eigenvalue weighted by molar-refractivity contribution is 7.99. The number of rotatable bonds is 7. The predicted octanol–water partition coefficient (Wildman–Crippen LogP) is 3.92. The largest absolute Gasteiger partial charge is 0.494 e. The van der Waals surface area contributed by atoms with Gasteiger partial charge in [-0.1, -0.05) is 12.1 Å². The molecule has 0 aliphatic heterocycles. The van der Waals surface area contributed by atoms with E-state index in [9.17, 15) is 0 Å². The lowest BCUT2D eigenvalue weighted by Gasteiger charge is -2.06. The molecule has 4 heteroatoms. The maximum Gasteiger partial charge on any atom is 0.123 e. The molecule has 106 valence electrons. The summed E-state index contributed by atoms with van der Waals surface area (Å²) in [5.41, 5.74) is 6.78. The molecule has 0 fully saturated rings. The summed E-state index contributed by atoms with van der Waals surface area (Å²) in [7, 11) is 0. The highest BCUT2D eigenvalue weighted by atomic mass is 32.2. The minimum atomic E-state index is 0.570. The molecule has 1 aromatic heterocycles. The molecular weight excluding hydrogens is 268 g/mol. The van der Waals surface area contributed by atoms with Crippen molar-refractivity contribution in [1.29, 1.82) is 0 Å². The zero-order chi connectivity index (χ0) is 14.2. The van der Waals surface area contributed by atoms with Crippen LogP contribution in [0.2, 0.25) is 0 Å². The number of benzene rings is 1. The van der Waals surface area contributed by atoms with Crippen molar-refractivity contribution >= 4 is 17.6 Å². The third kappa shape index (κ3) is 5.13. The van der Waals surface area contributed by atoms with Gasteiger partial charge in [0, 0.05) is 11.1 Å². The van der Waals surface area contributed by atoms with Crippen LogP contribution < -0.4 is 10.5 Å². The van der Waals surface area contributed by atoms with E-state index in [1.54, 1.807) is 11.8 Å². The number of anilines is 1. The third-order valence-corrected chi connectivity index (χ3v) is 3.89. The van der Waals surface area contributed by atoms with E-state index in [1.807, 2.05) is 30.5 Å². The smallest absolute Gasteiger partial charge is 0.123 e. The van der Waals surface area contributed by atoms with Crippen molar-refractivity contribution in [2.45, 2.75) is 24.7 Å². The summed E-state index contributed by atoms with van der Waals surface area (Å²) in [6.45, 7) is 2.84. The number of unbranched alkanes of at least 4 members (excludes halogenated alkanes) is 1. The number of thioether (sulfide) groups is 1. The van der Waals surface area contributed by atoms with Gasteiger partial charge in [0.1, 0.15) is 11.6 Å². The first-order valence-electron chi connectivity index (χ1n) is 6.78. The molecular formula is C16H20N2OS. The van der Waals surface area contributed by atoms with E-state index in [0.717, 1.165) is 31.0 Å². The molecule has 0 saturated heterocycles. The Balaban J connectivity index is 1.59. The first-order chi connectivity index (χ1) is 9.74. The average molecular weight is 288 g/mol. The van der Waals surface area contributed by atoms with E-state index in [-0.39, 0.29) is 0 Å². The van der Waals surface area contributed by atoms with Gasteiger partial charge in [0.2, 0.25) is 0 Å². The molecule has 0 bridgehead atoms. The molecule has 0 aliphatic rings. The van der Waals surface area contributed by atoms with Crippen LogP contribution in [0.5, 0.6) is 5.75 Å². The maximum absolute atomic E-state index is 5.72. The van der Waals surface area contributed by atoms with Gasteiger partial charge >= 0.3 is 0 Å². The van der Waals surface area contributed by atoms with Crippen LogP contribution in [0.3, 0.4) is 0 Å². The van der Waals surface area contributed by atoms with E-state index < -0.39 is 0 Å². The molecule has 0 unspecified atom stereocenters. The van der Waals surface area contributed by atoms with Crippen LogP contribution in [-0.4, -0.2) is 17.3 Å². The highest BCUT2D eigenvalue weighted by Crippen LogP contribution is 2.19. The Labute approximate surface area is 124 Å². The Bertz CT molecular complexity index is 528. The number of ether oxygens (including phenoxy) is 1.